The second kappa shape index (κ2) is 11.8. The molecule has 0 spiro atoms. The molecule has 4 bridgehead atoms. The number of rotatable bonds is 2. The summed E-state index contributed by atoms with van der Waals surface area (Å²) in [5.41, 5.74) is 1.37. The molecule has 4 nitrogen and oxygen atoms in total. The van der Waals surface area contributed by atoms with Crippen molar-refractivity contribution in [2.45, 2.75) is 103 Å². The fourth-order valence-corrected chi connectivity index (χ4v) is 5.02. The number of carbonyl (C=O) groups is 1. The lowest BCUT2D eigenvalue weighted by molar-refractivity contribution is -0.154. The average Bonchev–Trinajstić information content (AvgIpc) is 2.74. The molecule has 2 saturated heterocycles. The van der Waals surface area contributed by atoms with Gasteiger partial charge in [0, 0.05) is 12.3 Å². The van der Waals surface area contributed by atoms with Crippen LogP contribution in [0, 0.1) is 11.8 Å². The molecule has 0 radical (unpaired) electrons. The van der Waals surface area contributed by atoms with Gasteiger partial charge in [0.15, 0.2) is 0 Å². The highest BCUT2D eigenvalue weighted by Crippen LogP contribution is 2.33. The second-order valence-electron chi connectivity index (χ2n) is 9.52. The minimum atomic E-state index is -0.308. The van der Waals surface area contributed by atoms with Gasteiger partial charge in [-0.3, -0.25) is 4.79 Å². The molecule has 7 atom stereocenters. The van der Waals surface area contributed by atoms with E-state index in [2.05, 4.69) is 45.6 Å². The van der Waals surface area contributed by atoms with E-state index in [9.17, 15) is 4.79 Å². The first kappa shape index (κ1) is 24.0. The van der Waals surface area contributed by atoms with Crippen molar-refractivity contribution in [3.63, 3.8) is 0 Å². The summed E-state index contributed by atoms with van der Waals surface area (Å²) >= 11 is 0. The monoisotopic (exact) mass is 428 g/mol. The minimum absolute atomic E-state index is 0.0849. The maximum atomic E-state index is 12.8. The van der Waals surface area contributed by atoms with E-state index in [4.69, 9.17) is 14.2 Å². The summed E-state index contributed by atoms with van der Waals surface area (Å²) in [6, 6.07) is 0. The Labute approximate surface area is 188 Å². The Hall–Kier alpha value is -1.65. The van der Waals surface area contributed by atoms with E-state index in [0.29, 0.717) is 12.0 Å². The van der Waals surface area contributed by atoms with Gasteiger partial charge in [-0.05, 0) is 57.4 Å². The molecule has 0 aromatic rings. The first-order valence-corrected chi connectivity index (χ1v) is 12.1. The molecular formula is C27H40O4. The van der Waals surface area contributed by atoms with Crippen LogP contribution in [0.1, 0.15) is 72.1 Å². The maximum absolute atomic E-state index is 12.8. The Bertz CT molecular complexity index is 691. The molecule has 4 heteroatoms. The molecule has 0 aliphatic carbocycles. The van der Waals surface area contributed by atoms with Gasteiger partial charge in [0.2, 0.25) is 0 Å². The Morgan fingerprint density at radius 1 is 0.968 bits per heavy atom. The van der Waals surface area contributed by atoms with Gasteiger partial charge in [-0.25, -0.2) is 0 Å². The smallest absolute Gasteiger partial charge is 0.309 e. The van der Waals surface area contributed by atoms with Gasteiger partial charge in [0.25, 0.3) is 0 Å². The molecule has 0 saturated carbocycles. The zero-order valence-electron chi connectivity index (χ0n) is 19.5. The lowest BCUT2D eigenvalue weighted by Crippen LogP contribution is -2.37. The lowest BCUT2D eigenvalue weighted by Gasteiger charge is -2.37. The van der Waals surface area contributed by atoms with Gasteiger partial charge in [-0.1, -0.05) is 56.4 Å². The minimum Gasteiger partial charge on any atom is -0.457 e. The van der Waals surface area contributed by atoms with Crippen LogP contribution < -0.4 is 0 Å². The summed E-state index contributed by atoms with van der Waals surface area (Å²) in [6.07, 6.45) is 19.8. The van der Waals surface area contributed by atoms with Crippen LogP contribution in [0.2, 0.25) is 0 Å². The van der Waals surface area contributed by atoms with E-state index in [1.54, 1.807) is 6.08 Å². The zero-order chi connectivity index (χ0) is 22.2. The third-order valence-corrected chi connectivity index (χ3v) is 6.73. The second-order valence-corrected chi connectivity index (χ2v) is 9.52. The number of fused-ring (bicyclic) bond motifs is 4. The summed E-state index contributed by atoms with van der Waals surface area (Å²) in [5, 5.41) is 0. The van der Waals surface area contributed by atoms with Crippen LogP contribution in [0.3, 0.4) is 0 Å². The number of carbonyl (C=O) groups excluding carboxylic acids is 1. The number of ether oxygens (including phenoxy) is 3. The van der Waals surface area contributed by atoms with Gasteiger partial charge in [-0.2, -0.15) is 0 Å². The molecule has 0 amide bonds. The SMILES string of the molecule is C=C/C=C/C1OC(=O)CC2C/C(=C\C)CC(CC3CCC[C@H](C[C@@H](C)/C=C/[C@@H]1C)O3)O2. The first-order valence-electron chi connectivity index (χ1n) is 12.1. The van der Waals surface area contributed by atoms with E-state index in [0.717, 1.165) is 38.5 Å². The van der Waals surface area contributed by atoms with Crippen LogP contribution in [0.4, 0.5) is 0 Å². The molecule has 2 fully saturated rings. The van der Waals surface area contributed by atoms with Crippen molar-refractivity contribution < 1.29 is 19.0 Å². The number of esters is 1. The summed E-state index contributed by atoms with van der Waals surface area (Å²) in [4.78, 5) is 12.8. The summed E-state index contributed by atoms with van der Waals surface area (Å²) in [7, 11) is 0. The van der Waals surface area contributed by atoms with E-state index >= 15 is 0 Å². The van der Waals surface area contributed by atoms with Gasteiger partial charge in [0.1, 0.15) is 6.10 Å². The van der Waals surface area contributed by atoms with Crippen LogP contribution in [-0.4, -0.2) is 36.5 Å². The molecule has 31 heavy (non-hydrogen) atoms. The highest BCUT2D eigenvalue weighted by molar-refractivity contribution is 5.70. The van der Waals surface area contributed by atoms with Gasteiger partial charge < -0.3 is 14.2 Å². The third kappa shape index (κ3) is 7.47. The fraction of sp³-hybridized carbons (Fsp3) is 0.667. The Balaban J connectivity index is 1.81. The molecule has 0 aromatic heterocycles. The number of allylic oxidation sites excluding steroid dienone is 4. The molecule has 3 aliphatic rings. The van der Waals surface area contributed by atoms with E-state index in [-0.39, 0.29) is 42.7 Å². The van der Waals surface area contributed by atoms with Crippen LogP contribution in [0.25, 0.3) is 0 Å². The quantitative estimate of drug-likeness (QED) is 0.303. The lowest BCUT2D eigenvalue weighted by atomic mass is 9.90. The third-order valence-electron chi connectivity index (χ3n) is 6.73. The predicted octanol–water partition coefficient (Wildman–Crippen LogP) is 6.08. The largest absolute Gasteiger partial charge is 0.457 e. The van der Waals surface area contributed by atoms with E-state index in [1.165, 1.54) is 12.0 Å². The molecule has 3 heterocycles. The van der Waals surface area contributed by atoms with Crippen molar-refractivity contribution >= 4 is 5.97 Å². The first-order chi connectivity index (χ1) is 15.0. The fourth-order valence-electron chi connectivity index (χ4n) is 5.02. The van der Waals surface area contributed by atoms with Gasteiger partial charge in [-0.15, -0.1) is 0 Å². The maximum Gasteiger partial charge on any atom is 0.309 e. The van der Waals surface area contributed by atoms with Crippen molar-refractivity contribution in [1.82, 2.24) is 0 Å². The standard InChI is InChI=1S/C27H40O4/c1-5-7-11-26-20(4)13-12-19(3)14-22-9-8-10-23(29-22)17-24-15-21(6-2)16-25(30-24)18-27(28)31-26/h5-7,11-13,19-20,22-26H,1,8-10,14-18H2,2-4H3/b11-7+,13-12+,21-6-/t19-,20-,22+,23?,24?,25?,26?/m0/s1. The number of cyclic esters (lactones) is 1. The highest BCUT2D eigenvalue weighted by atomic mass is 16.5. The van der Waals surface area contributed by atoms with Crippen molar-refractivity contribution in [2.75, 3.05) is 0 Å². The summed E-state index contributed by atoms with van der Waals surface area (Å²) < 4.78 is 18.8. The Kier molecular flexibility index (Phi) is 9.15. The number of hydrogen-bond acceptors (Lipinski definition) is 4. The summed E-state index contributed by atoms with van der Waals surface area (Å²) in [5.74, 6) is 0.305. The van der Waals surface area contributed by atoms with Crippen molar-refractivity contribution in [3.8, 4) is 0 Å². The van der Waals surface area contributed by atoms with Gasteiger partial charge in [0.05, 0.1) is 30.8 Å². The Morgan fingerprint density at radius 2 is 1.68 bits per heavy atom. The predicted molar refractivity (Wildman–Crippen MR) is 125 cm³/mol. The van der Waals surface area contributed by atoms with Crippen molar-refractivity contribution in [3.05, 3.63) is 48.6 Å². The average molecular weight is 429 g/mol. The van der Waals surface area contributed by atoms with Crippen molar-refractivity contribution in [2.24, 2.45) is 11.8 Å². The van der Waals surface area contributed by atoms with E-state index in [1.807, 2.05) is 12.2 Å². The highest BCUT2D eigenvalue weighted by Gasteiger charge is 2.32. The van der Waals surface area contributed by atoms with Crippen molar-refractivity contribution in [1.29, 1.82) is 0 Å². The normalized spacial score (nSPS) is 40.4. The van der Waals surface area contributed by atoms with Crippen LogP contribution >= 0.6 is 0 Å². The Morgan fingerprint density at radius 3 is 2.42 bits per heavy atom. The zero-order valence-corrected chi connectivity index (χ0v) is 19.5. The van der Waals surface area contributed by atoms with Gasteiger partial charge >= 0.3 is 5.97 Å². The molecule has 0 N–H and O–H groups in total. The van der Waals surface area contributed by atoms with E-state index < -0.39 is 0 Å². The van der Waals surface area contributed by atoms with Crippen LogP contribution in [0.5, 0.6) is 0 Å². The molecular weight excluding hydrogens is 388 g/mol. The molecule has 3 aliphatic heterocycles. The number of hydrogen-bond donors (Lipinski definition) is 0. The topological polar surface area (TPSA) is 44.8 Å². The van der Waals surface area contributed by atoms with Crippen LogP contribution in [-0.2, 0) is 19.0 Å². The molecule has 4 unspecified atom stereocenters. The molecule has 0 aromatic carbocycles. The van der Waals surface area contributed by atoms with Crippen LogP contribution in [0.15, 0.2) is 48.6 Å². The molecule has 3 rings (SSSR count). The summed E-state index contributed by atoms with van der Waals surface area (Å²) in [6.45, 7) is 10.2. The molecule has 172 valence electrons.